The van der Waals surface area contributed by atoms with Crippen LogP contribution in [0.1, 0.15) is 41.4 Å². The van der Waals surface area contributed by atoms with Gasteiger partial charge in [0.1, 0.15) is 11.9 Å². The Morgan fingerprint density at radius 2 is 1.67 bits per heavy atom. The van der Waals surface area contributed by atoms with Crippen LogP contribution >= 0.6 is 0 Å². The van der Waals surface area contributed by atoms with Gasteiger partial charge in [-0.2, -0.15) is 0 Å². The van der Waals surface area contributed by atoms with E-state index in [1.165, 1.54) is 6.07 Å². The summed E-state index contributed by atoms with van der Waals surface area (Å²) in [5.74, 6) is -0.336. The lowest BCUT2D eigenvalue weighted by molar-refractivity contribution is 0.0691. The maximum atomic E-state index is 11.2. The molecule has 110 valence electrons. The summed E-state index contributed by atoms with van der Waals surface area (Å²) in [5, 5.41) is 19.6. The van der Waals surface area contributed by atoms with Crippen LogP contribution in [0.3, 0.4) is 0 Å². The molecule has 0 saturated heterocycles. The molecule has 0 aromatic heterocycles. The number of ether oxygens (including phenoxy) is 1. The van der Waals surface area contributed by atoms with E-state index < -0.39 is 12.1 Å². The number of hydrogen-bond acceptors (Lipinski definition) is 3. The first-order chi connectivity index (χ1) is 9.99. The van der Waals surface area contributed by atoms with E-state index in [-0.39, 0.29) is 11.7 Å². The zero-order valence-electron chi connectivity index (χ0n) is 12.0. The van der Waals surface area contributed by atoms with Crippen LogP contribution in [0, 0.1) is 0 Å². The van der Waals surface area contributed by atoms with Crippen molar-refractivity contribution < 1.29 is 19.7 Å². The van der Waals surface area contributed by atoms with E-state index in [0.717, 1.165) is 0 Å². The van der Waals surface area contributed by atoms with Gasteiger partial charge in [0, 0.05) is 0 Å². The predicted molar refractivity (Wildman–Crippen MR) is 79.7 cm³/mol. The van der Waals surface area contributed by atoms with Crippen molar-refractivity contribution in [3.8, 4) is 5.75 Å². The standard InChI is InChI=1S/C17H18O4/c1-11(2)21-13-9-7-12(8-10-13)16(18)14-5-3-4-6-15(14)17(19)20/h3-11,16,18H,1-2H3,(H,19,20). The average molecular weight is 286 g/mol. The van der Waals surface area contributed by atoms with Crippen LogP contribution in [0.2, 0.25) is 0 Å². The molecule has 0 fully saturated rings. The Labute approximate surface area is 123 Å². The van der Waals surface area contributed by atoms with Gasteiger partial charge in [0.25, 0.3) is 0 Å². The van der Waals surface area contributed by atoms with E-state index in [1.807, 2.05) is 13.8 Å². The van der Waals surface area contributed by atoms with Gasteiger partial charge >= 0.3 is 5.97 Å². The summed E-state index contributed by atoms with van der Waals surface area (Å²) in [5.41, 5.74) is 1.11. The summed E-state index contributed by atoms with van der Waals surface area (Å²) >= 11 is 0. The molecule has 0 aliphatic carbocycles. The SMILES string of the molecule is CC(C)Oc1ccc(C(O)c2ccccc2C(=O)O)cc1. The maximum Gasteiger partial charge on any atom is 0.336 e. The monoisotopic (exact) mass is 286 g/mol. The van der Waals surface area contributed by atoms with Crippen LogP contribution in [-0.2, 0) is 0 Å². The summed E-state index contributed by atoms with van der Waals surface area (Å²) in [6.07, 6.45) is -0.904. The van der Waals surface area contributed by atoms with Gasteiger partial charge < -0.3 is 14.9 Å². The summed E-state index contributed by atoms with van der Waals surface area (Å²) in [7, 11) is 0. The van der Waals surface area contributed by atoms with Crippen molar-refractivity contribution >= 4 is 5.97 Å². The highest BCUT2D eigenvalue weighted by atomic mass is 16.5. The Bertz CT molecular complexity index is 617. The number of benzene rings is 2. The van der Waals surface area contributed by atoms with Crippen LogP contribution in [0.25, 0.3) is 0 Å². The minimum absolute atomic E-state index is 0.0773. The molecule has 0 heterocycles. The summed E-state index contributed by atoms with van der Waals surface area (Å²) < 4.78 is 5.54. The Morgan fingerprint density at radius 3 is 2.24 bits per heavy atom. The van der Waals surface area contributed by atoms with E-state index in [0.29, 0.717) is 16.9 Å². The van der Waals surface area contributed by atoms with Gasteiger partial charge in [0.05, 0.1) is 11.7 Å². The van der Waals surface area contributed by atoms with Crippen molar-refractivity contribution in [3.05, 3.63) is 65.2 Å². The van der Waals surface area contributed by atoms with Gasteiger partial charge in [0.15, 0.2) is 0 Å². The van der Waals surface area contributed by atoms with Crippen LogP contribution in [-0.4, -0.2) is 22.3 Å². The quantitative estimate of drug-likeness (QED) is 0.885. The van der Waals surface area contributed by atoms with E-state index in [9.17, 15) is 15.0 Å². The Morgan fingerprint density at radius 1 is 1.05 bits per heavy atom. The molecule has 4 nitrogen and oxygen atoms in total. The number of aliphatic hydroxyl groups excluding tert-OH is 1. The van der Waals surface area contributed by atoms with Crippen molar-refractivity contribution in [2.45, 2.75) is 26.1 Å². The molecule has 0 aliphatic rings. The molecule has 0 amide bonds. The first-order valence-electron chi connectivity index (χ1n) is 6.76. The van der Waals surface area contributed by atoms with Crippen LogP contribution in [0.4, 0.5) is 0 Å². The minimum Gasteiger partial charge on any atom is -0.491 e. The predicted octanol–water partition coefficient (Wildman–Crippen LogP) is 3.25. The molecule has 0 bridgehead atoms. The lowest BCUT2D eigenvalue weighted by atomic mass is 9.97. The van der Waals surface area contributed by atoms with E-state index in [2.05, 4.69) is 0 Å². The fraction of sp³-hybridized carbons (Fsp3) is 0.235. The smallest absolute Gasteiger partial charge is 0.336 e. The topological polar surface area (TPSA) is 66.8 Å². The highest BCUT2D eigenvalue weighted by Gasteiger charge is 2.18. The second-order valence-corrected chi connectivity index (χ2v) is 5.03. The molecular weight excluding hydrogens is 268 g/mol. The molecule has 0 spiro atoms. The van der Waals surface area contributed by atoms with Crippen LogP contribution < -0.4 is 4.74 Å². The molecular formula is C17H18O4. The third-order valence-corrected chi connectivity index (χ3v) is 3.05. The summed E-state index contributed by atoms with van der Waals surface area (Å²) in [6, 6.07) is 13.5. The second-order valence-electron chi connectivity index (χ2n) is 5.03. The van der Waals surface area contributed by atoms with Crippen LogP contribution in [0.15, 0.2) is 48.5 Å². The van der Waals surface area contributed by atoms with Gasteiger partial charge in [-0.3, -0.25) is 0 Å². The minimum atomic E-state index is -1.05. The number of carboxylic acids is 1. The van der Waals surface area contributed by atoms with Gasteiger partial charge in [-0.05, 0) is 43.2 Å². The zero-order valence-corrected chi connectivity index (χ0v) is 12.0. The first kappa shape index (κ1) is 15.1. The molecule has 0 saturated carbocycles. The van der Waals surface area contributed by atoms with Crippen molar-refractivity contribution in [2.24, 2.45) is 0 Å². The molecule has 21 heavy (non-hydrogen) atoms. The number of aliphatic hydroxyl groups is 1. The molecule has 1 atom stereocenters. The van der Waals surface area contributed by atoms with E-state index in [1.54, 1.807) is 42.5 Å². The maximum absolute atomic E-state index is 11.2. The molecule has 0 aliphatic heterocycles. The Hall–Kier alpha value is -2.33. The molecule has 2 aromatic rings. The molecule has 2 rings (SSSR count). The highest BCUT2D eigenvalue weighted by molar-refractivity contribution is 5.89. The average Bonchev–Trinajstić information content (AvgIpc) is 2.46. The number of hydrogen-bond donors (Lipinski definition) is 2. The van der Waals surface area contributed by atoms with E-state index >= 15 is 0 Å². The number of rotatable bonds is 5. The van der Waals surface area contributed by atoms with Gasteiger partial charge in [-0.25, -0.2) is 4.79 Å². The normalized spacial score (nSPS) is 12.2. The molecule has 2 aromatic carbocycles. The first-order valence-corrected chi connectivity index (χ1v) is 6.76. The third-order valence-electron chi connectivity index (χ3n) is 3.05. The highest BCUT2D eigenvalue weighted by Crippen LogP contribution is 2.26. The largest absolute Gasteiger partial charge is 0.491 e. The number of aromatic carboxylic acids is 1. The fourth-order valence-electron chi connectivity index (χ4n) is 2.11. The van der Waals surface area contributed by atoms with Gasteiger partial charge in [-0.1, -0.05) is 30.3 Å². The van der Waals surface area contributed by atoms with Gasteiger partial charge in [-0.15, -0.1) is 0 Å². The molecule has 2 N–H and O–H groups in total. The summed E-state index contributed by atoms with van der Waals surface area (Å²) in [6.45, 7) is 3.87. The second kappa shape index (κ2) is 6.41. The Kier molecular flexibility index (Phi) is 4.60. The van der Waals surface area contributed by atoms with Gasteiger partial charge in [0.2, 0.25) is 0 Å². The summed E-state index contributed by atoms with van der Waals surface area (Å²) in [4.78, 5) is 11.2. The van der Waals surface area contributed by atoms with Crippen molar-refractivity contribution in [1.82, 2.24) is 0 Å². The van der Waals surface area contributed by atoms with Crippen LogP contribution in [0.5, 0.6) is 5.75 Å². The zero-order chi connectivity index (χ0) is 15.4. The van der Waals surface area contributed by atoms with Crippen molar-refractivity contribution in [2.75, 3.05) is 0 Å². The molecule has 1 unspecified atom stereocenters. The lowest BCUT2D eigenvalue weighted by Gasteiger charge is -2.15. The lowest BCUT2D eigenvalue weighted by Crippen LogP contribution is -2.08. The fourth-order valence-corrected chi connectivity index (χ4v) is 2.11. The number of carbonyl (C=O) groups is 1. The Balaban J connectivity index is 2.28. The number of carboxylic acid groups (broad SMARTS) is 1. The molecule has 0 radical (unpaired) electrons. The van der Waals surface area contributed by atoms with E-state index in [4.69, 9.17) is 4.74 Å². The van der Waals surface area contributed by atoms with Crippen molar-refractivity contribution in [1.29, 1.82) is 0 Å². The third kappa shape index (κ3) is 3.61. The van der Waals surface area contributed by atoms with Crippen molar-refractivity contribution in [3.63, 3.8) is 0 Å². The molecule has 4 heteroatoms.